The van der Waals surface area contributed by atoms with Crippen LogP contribution < -0.4 is 14.8 Å². The molecule has 162 valence electrons. The third kappa shape index (κ3) is 7.34. The molecule has 0 radical (unpaired) electrons. The number of aryl methyl sites for hydroxylation is 2. The predicted molar refractivity (Wildman–Crippen MR) is 116 cm³/mol. The molecule has 0 spiro atoms. The molecule has 29 heavy (non-hydrogen) atoms. The molecule has 2 N–H and O–H groups in total. The van der Waals surface area contributed by atoms with Crippen LogP contribution in [0.3, 0.4) is 0 Å². The van der Waals surface area contributed by atoms with Gasteiger partial charge in [0.25, 0.3) is 0 Å². The van der Waals surface area contributed by atoms with Gasteiger partial charge in [0.05, 0.1) is 19.3 Å². The monoisotopic (exact) mass is 404 g/mol. The van der Waals surface area contributed by atoms with Crippen LogP contribution in [0.15, 0.2) is 24.3 Å². The molecule has 7 heteroatoms. The van der Waals surface area contributed by atoms with Gasteiger partial charge in [0, 0.05) is 31.4 Å². The van der Waals surface area contributed by atoms with Crippen LogP contribution >= 0.6 is 0 Å². The highest BCUT2D eigenvalue weighted by atomic mass is 16.5. The number of rotatable bonds is 12. The molecular weight excluding hydrogens is 368 g/mol. The van der Waals surface area contributed by atoms with Crippen LogP contribution in [-0.2, 0) is 13.1 Å². The lowest BCUT2D eigenvalue weighted by molar-refractivity contribution is 0.0668. The second-order valence-corrected chi connectivity index (χ2v) is 7.81. The summed E-state index contributed by atoms with van der Waals surface area (Å²) in [6.45, 7) is 11.5. The molecule has 1 atom stereocenters. The van der Waals surface area contributed by atoms with Crippen LogP contribution in [0.4, 0.5) is 0 Å². The number of aliphatic hydroxyl groups excluding tert-OH is 1. The fourth-order valence-electron chi connectivity index (χ4n) is 3.04. The van der Waals surface area contributed by atoms with E-state index in [1.807, 2.05) is 36.9 Å². The van der Waals surface area contributed by atoms with Gasteiger partial charge >= 0.3 is 0 Å². The van der Waals surface area contributed by atoms with Crippen LogP contribution in [0, 0.1) is 13.8 Å². The number of nitrogens with one attached hydrogen (secondary N) is 1. The van der Waals surface area contributed by atoms with E-state index in [1.54, 1.807) is 7.11 Å². The number of benzene rings is 1. The van der Waals surface area contributed by atoms with E-state index in [9.17, 15) is 5.11 Å². The van der Waals surface area contributed by atoms with E-state index in [0.29, 0.717) is 24.1 Å². The van der Waals surface area contributed by atoms with Gasteiger partial charge in [0.1, 0.15) is 12.7 Å². The van der Waals surface area contributed by atoms with E-state index in [4.69, 9.17) is 9.47 Å². The first-order valence-electron chi connectivity index (χ1n) is 10.2. The summed E-state index contributed by atoms with van der Waals surface area (Å²) < 4.78 is 13.3. The van der Waals surface area contributed by atoms with E-state index in [-0.39, 0.29) is 6.61 Å². The zero-order chi connectivity index (χ0) is 21.4. The van der Waals surface area contributed by atoms with Gasteiger partial charge in [-0.3, -0.25) is 4.68 Å². The topological polar surface area (TPSA) is 71.8 Å². The van der Waals surface area contributed by atoms with Gasteiger partial charge in [0.15, 0.2) is 11.5 Å². The minimum Gasteiger partial charge on any atom is -0.493 e. The van der Waals surface area contributed by atoms with E-state index in [0.717, 1.165) is 30.9 Å². The van der Waals surface area contributed by atoms with Gasteiger partial charge in [-0.25, -0.2) is 0 Å². The van der Waals surface area contributed by atoms with Gasteiger partial charge in [-0.1, -0.05) is 6.07 Å². The summed E-state index contributed by atoms with van der Waals surface area (Å²) in [5.74, 6) is 1.32. The number of aliphatic hydroxyl groups is 1. The Bertz CT molecular complexity index is 761. The third-order valence-electron chi connectivity index (χ3n) is 4.97. The Labute approximate surface area is 174 Å². The van der Waals surface area contributed by atoms with Crippen molar-refractivity contribution in [1.29, 1.82) is 0 Å². The highest BCUT2D eigenvalue weighted by Crippen LogP contribution is 2.28. The molecule has 0 aliphatic rings. The first-order chi connectivity index (χ1) is 13.8. The summed E-state index contributed by atoms with van der Waals surface area (Å²) in [7, 11) is 3.62. The van der Waals surface area contributed by atoms with Crippen molar-refractivity contribution in [3.8, 4) is 11.5 Å². The van der Waals surface area contributed by atoms with Crippen molar-refractivity contribution in [3.05, 3.63) is 41.2 Å². The largest absolute Gasteiger partial charge is 0.493 e. The molecule has 0 amide bonds. The molecular formula is C22H36N4O3. The van der Waals surface area contributed by atoms with E-state index in [1.165, 1.54) is 5.69 Å². The minimum atomic E-state index is -0.553. The summed E-state index contributed by atoms with van der Waals surface area (Å²) in [5, 5.41) is 18.1. The molecule has 1 aromatic carbocycles. The highest BCUT2D eigenvalue weighted by molar-refractivity contribution is 5.43. The Kier molecular flexibility index (Phi) is 8.95. The van der Waals surface area contributed by atoms with Crippen LogP contribution in [0.1, 0.15) is 30.8 Å². The lowest BCUT2D eigenvalue weighted by Gasteiger charge is -2.24. The molecule has 1 heterocycles. The standard InChI is InChI=1S/C22H36N4O3/c1-16(2)25(5)14-20(27)15-29-21-8-7-19(12-22(21)28-6)13-23-9-10-26-18(4)11-17(3)24-26/h7-8,11-12,16,20,23,27H,9-10,13-15H2,1-6H3/t20-/m1/s1. The molecule has 0 saturated heterocycles. The zero-order valence-corrected chi connectivity index (χ0v) is 18.6. The molecule has 1 aromatic heterocycles. The van der Waals surface area contributed by atoms with Crippen molar-refractivity contribution < 1.29 is 14.6 Å². The van der Waals surface area contributed by atoms with E-state index in [2.05, 4.69) is 42.2 Å². The van der Waals surface area contributed by atoms with Crippen LogP contribution in [0.5, 0.6) is 11.5 Å². The Hall–Kier alpha value is -2.09. The highest BCUT2D eigenvalue weighted by Gasteiger charge is 2.13. The summed E-state index contributed by atoms with van der Waals surface area (Å²) >= 11 is 0. The molecule has 2 rings (SSSR count). The number of aromatic nitrogens is 2. The van der Waals surface area contributed by atoms with Gasteiger partial charge in [0.2, 0.25) is 0 Å². The van der Waals surface area contributed by atoms with Crippen molar-refractivity contribution in [3.63, 3.8) is 0 Å². The van der Waals surface area contributed by atoms with Crippen molar-refractivity contribution in [1.82, 2.24) is 20.0 Å². The molecule has 7 nitrogen and oxygen atoms in total. The zero-order valence-electron chi connectivity index (χ0n) is 18.6. The maximum Gasteiger partial charge on any atom is 0.161 e. The van der Waals surface area contributed by atoms with Crippen molar-refractivity contribution in [2.24, 2.45) is 0 Å². The average molecular weight is 405 g/mol. The second kappa shape index (κ2) is 11.2. The third-order valence-corrected chi connectivity index (χ3v) is 4.97. The number of likely N-dealkylation sites (N-methyl/N-ethyl adjacent to an activating group) is 1. The van der Waals surface area contributed by atoms with E-state index < -0.39 is 6.10 Å². The second-order valence-electron chi connectivity index (χ2n) is 7.81. The fourth-order valence-corrected chi connectivity index (χ4v) is 3.04. The van der Waals surface area contributed by atoms with Crippen molar-refractivity contribution in [2.75, 3.05) is 33.9 Å². The first-order valence-corrected chi connectivity index (χ1v) is 10.2. The minimum absolute atomic E-state index is 0.230. The van der Waals surface area contributed by atoms with Crippen LogP contribution in [0.2, 0.25) is 0 Å². The average Bonchev–Trinajstić information content (AvgIpc) is 3.00. The Morgan fingerprint density at radius 2 is 1.97 bits per heavy atom. The molecule has 0 unspecified atom stereocenters. The Morgan fingerprint density at radius 3 is 2.59 bits per heavy atom. The summed E-state index contributed by atoms with van der Waals surface area (Å²) in [5.41, 5.74) is 3.33. The number of ether oxygens (including phenoxy) is 2. The SMILES string of the molecule is COc1cc(CNCCn2nc(C)cc2C)ccc1OC[C@H](O)CN(C)C(C)C. The number of hydrogen-bond acceptors (Lipinski definition) is 6. The summed E-state index contributed by atoms with van der Waals surface area (Å²) in [4.78, 5) is 2.09. The van der Waals surface area contributed by atoms with Crippen LogP contribution in [-0.4, -0.2) is 65.8 Å². The van der Waals surface area contributed by atoms with Crippen LogP contribution in [0.25, 0.3) is 0 Å². The Morgan fingerprint density at radius 1 is 1.21 bits per heavy atom. The number of methoxy groups -OCH3 is 1. The number of nitrogens with zero attached hydrogens (tertiary/aromatic N) is 3. The Balaban J connectivity index is 1.82. The smallest absolute Gasteiger partial charge is 0.161 e. The molecule has 0 aliphatic carbocycles. The maximum atomic E-state index is 10.2. The summed E-state index contributed by atoms with van der Waals surface area (Å²) in [6, 6.07) is 8.35. The first kappa shape index (κ1) is 23.2. The van der Waals surface area contributed by atoms with E-state index >= 15 is 0 Å². The van der Waals surface area contributed by atoms with Crippen molar-refractivity contribution in [2.45, 2.75) is 52.9 Å². The van der Waals surface area contributed by atoms with Gasteiger partial charge in [-0.15, -0.1) is 0 Å². The molecule has 0 fully saturated rings. The molecule has 0 saturated carbocycles. The fraction of sp³-hybridized carbons (Fsp3) is 0.591. The lowest BCUT2D eigenvalue weighted by atomic mass is 10.2. The lowest BCUT2D eigenvalue weighted by Crippen LogP contribution is -2.36. The summed E-state index contributed by atoms with van der Waals surface area (Å²) in [6.07, 6.45) is -0.553. The van der Waals surface area contributed by atoms with Gasteiger partial charge in [-0.05, 0) is 58.5 Å². The van der Waals surface area contributed by atoms with Crippen molar-refractivity contribution >= 4 is 0 Å². The quantitative estimate of drug-likeness (QED) is 0.529. The normalized spacial score (nSPS) is 12.6. The van der Waals surface area contributed by atoms with Gasteiger partial charge in [-0.2, -0.15) is 5.10 Å². The molecule has 0 aliphatic heterocycles. The molecule has 2 aromatic rings. The predicted octanol–water partition coefficient (Wildman–Crippen LogP) is 2.38. The number of hydrogen-bond donors (Lipinski definition) is 2. The van der Waals surface area contributed by atoms with Gasteiger partial charge < -0.3 is 24.8 Å². The maximum absolute atomic E-state index is 10.2. The molecule has 0 bridgehead atoms.